The first kappa shape index (κ1) is 43.3. The quantitative estimate of drug-likeness (QED) is 0.0747. The number of rotatable bonds is 18. The summed E-state index contributed by atoms with van der Waals surface area (Å²) in [5.74, 6) is -4.98. The minimum Gasteiger partial charge on any atom is -0.507 e. The third-order valence-electron chi connectivity index (χ3n) is 9.44. The van der Waals surface area contributed by atoms with Gasteiger partial charge >= 0.3 is 0 Å². The molecular weight excluding hydrogens is 729 g/mol. The Labute approximate surface area is 332 Å². The molecule has 4 aromatic rings. The number of primary amides is 1. The molecular formula is C43H52N6O8. The van der Waals surface area contributed by atoms with E-state index in [-0.39, 0.29) is 41.2 Å². The molecule has 5 atom stereocenters. The fraction of sp³-hybridized carbons (Fsp3) is 0.349. The number of nitrogens with two attached hydrogens (primary N) is 1. The number of benzene rings is 4. The van der Waals surface area contributed by atoms with Crippen LogP contribution in [0.5, 0.6) is 11.5 Å². The lowest BCUT2D eigenvalue weighted by molar-refractivity contribution is -0.135. The molecule has 14 nitrogen and oxygen atoms in total. The highest BCUT2D eigenvalue weighted by Gasteiger charge is 2.33. The van der Waals surface area contributed by atoms with Crippen molar-refractivity contribution < 1.29 is 39.0 Å². The fourth-order valence-electron chi connectivity index (χ4n) is 6.30. The predicted molar refractivity (Wildman–Crippen MR) is 216 cm³/mol. The van der Waals surface area contributed by atoms with Crippen molar-refractivity contribution in [2.24, 2.45) is 17.6 Å². The van der Waals surface area contributed by atoms with Gasteiger partial charge in [0.25, 0.3) is 5.91 Å². The number of fused-ring (bicyclic) bond motifs is 1. The maximum Gasteiger partial charge on any atom is 0.255 e. The number of amides is 6. The highest BCUT2D eigenvalue weighted by Crippen LogP contribution is 2.33. The van der Waals surface area contributed by atoms with Crippen LogP contribution >= 0.6 is 0 Å². The summed E-state index contributed by atoms with van der Waals surface area (Å²) in [4.78, 5) is 80.6. The number of phenolic OH excluding ortho intramolecular Hbond substituents is 2. The largest absolute Gasteiger partial charge is 0.507 e. The van der Waals surface area contributed by atoms with Gasteiger partial charge in [-0.25, -0.2) is 0 Å². The van der Waals surface area contributed by atoms with E-state index >= 15 is 0 Å². The van der Waals surface area contributed by atoms with E-state index in [0.717, 1.165) is 0 Å². The van der Waals surface area contributed by atoms with E-state index in [4.69, 9.17) is 5.73 Å². The predicted octanol–water partition coefficient (Wildman–Crippen LogP) is 2.98. The molecule has 9 N–H and O–H groups in total. The minimum atomic E-state index is -1.22. The van der Waals surface area contributed by atoms with Gasteiger partial charge in [-0.3, -0.25) is 28.8 Å². The van der Waals surface area contributed by atoms with Crippen LogP contribution in [0.3, 0.4) is 0 Å². The molecule has 57 heavy (non-hydrogen) atoms. The summed E-state index contributed by atoms with van der Waals surface area (Å²) >= 11 is 0. The Hall–Kier alpha value is -6.44. The summed E-state index contributed by atoms with van der Waals surface area (Å²) in [6.07, 6.45) is 0.364. The molecule has 0 saturated carbocycles. The molecule has 302 valence electrons. The third-order valence-corrected chi connectivity index (χ3v) is 9.44. The van der Waals surface area contributed by atoms with Gasteiger partial charge < -0.3 is 42.5 Å². The average Bonchev–Trinajstić information content (AvgIpc) is 3.16. The third kappa shape index (κ3) is 12.0. The van der Waals surface area contributed by atoms with Gasteiger partial charge in [-0.15, -0.1) is 0 Å². The van der Waals surface area contributed by atoms with Crippen molar-refractivity contribution in [1.82, 2.24) is 26.6 Å². The maximum atomic E-state index is 14.2. The second kappa shape index (κ2) is 19.9. The van der Waals surface area contributed by atoms with Crippen molar-refractivity contribution in [2.75, 3.05) is 0 Å². The van der Waals surface area contributed by atoms with Crippen molar-refractivity contribution >= 4 is 46.2 Å². The first-order valence-electron chi connectivity index (χ1n) is 18.9. The van der Waals surface area contributed by atoms with E-state index in [1.807, 2.05) is 13.8 Å². The molecule has 0 aromatic heterocycles. The van der Waals surface area contributed by atoms with Gasteiger partial charge in [0.2, 0.25) is 29.5 Å². The van der Waals surface area contributed by atoms with E-state index in [2.05, 4.69) is 26.6 Å². The molecule has 4 aromatic carbocycles. The fourth-order valence-corrected chi connectivity index (χ4v) is 6.30. The van der Waals surface area contributed by atoms with E-state index < -0.39 is 71.6 Å². The van der Waals surface area contributed by atoms with Crippen LogP contribution < -0.4 is 32.3 Å². The monoisotopic (exact) mass is 780 g/mol. The molecule has 0 fully saturated rings. The van der Waals surface area contributed by atoms with Gasteiger partial charge in [0, 0.05) is 23.6 Å². The van der Waals surface area contributed by atoms with Crippen LogP contribution in [-0.4, -0.2) is 75.9 Å². The van der Waals surface area contributed by atoms with Gasteiger partial charge in [0.05, 0.1) is 5.56 Å². The topological polar surface area (TPSA) is 229 Å². The molecule has 4 rings (SSSR count). The van der Waals surface area contributed by atoms with Gasteiger partial charge in [0.15, 0.2) is 0 Å². The van der Waals surface area contributed by atoms with Crippen molar-refractivity contribution in [3.63, 3.8) is 0 Å². The molecule has 0 unspecified atom stereocenters. The van der Waals surface area contributed by atoms with Gasteiger partial charge in [0.1, 0.15) is 41.7 Å². The van der Waals surface area contributed by atoms with Crippen LogP contribution in [0.25, 0.3) is 10.8 Å². The van der Waals surface area contributed by atoms with Crippen LogP contribution in [0.15, 0.2) is 91.0 Å². The van der Waals surface area contributed by atoms with E-state index in [1.165, 1.54) is 31.2 Å². The summed E-state index contributed by atoms with van der Waals surface area (Å²) in [5, 5.41) is 35.0. The number of nitrogens with one attached hydrogen (secondary N) is 5. The molecule has 0 aliphatic rings. The molecule has 0 bridgehead atoms. The molecule has 6 amide bonds. The lowest BCUT2D eigenvalue weighted by Gasteiger charge is -2.28. The Morgan fingerprint density at radius 3 is 1.61 bits per heavy atom. The van der Waals surface area contributed by atoms with Crippen molar-refractivity contribution in [3.05, 3.63) is 108 Å². The lowest BCUT2D eigenvalue weighted by Crippen LogP contribution is -2.60. The lowest BCUT2D eigenvalue weighted by atomic mass is 9.98. The summed E-state index contributed by atoms with van der Waals surface area (Å²) in [6, 6.07) is 19.5. The zero-order valence-electron chi connectivity index (χ0n) is 32.7. The highest BCUT2D eigenvalue weighted by molar-refractivity contribution is 6.06. The molecule has 0 saturated heterocycles. The Morgan fingerprint density at radius 1 is 0.561 bits per heavy atom. The van der Waals surface area contributed by atoms with Gasteiger partial charge in [-0.1, -0.05) is 100 Å². The molecule has 0 aliphatic heterocycles. The SMILES string of the molecule is CC(C)C[C@@H](NC(=O)[C@H](NC(=O)[C@@H](Cc1ccccc1)NC(=O)[C@@H](Cc1ccccc1)NC(=O)[C@@H](C)NC(=O)c1ccc2c(O)cccc2c1O)C(C)C)C(N)=O. The first-order valence-corrected chi connectivity index (χ1v) is 18.9. The Balaban J connectivity index is 1.56. The average molecular weight is 781 g/mol. The number of phenols is 2. The minimum absolute atomic E-state index is 0.0229. The zero-order chi connectivity index (χ0) is 41.8. The highest BCUT2D eigenvalue weighted by atomic mass is 16.3. The van der Waals surface area contributed by atoms with Crippen LogP contribution in [0.2, 0.25) is 0 Å². The van der Waals surface area contributed by atoms with E-state index in [9.17, 15) is 39.0 Å². The first-order chi connectivity index (χ1) is 27.0. The summed E-state index contributed by atoms with van der Waals surface area (Å²) in [5.41, 5.74) is 6.84. The van der Waals surface area contributed by atoms with E-state index in [1.54, 1.807) is 80.6 Å². The number of hydrogen-bond donors (Lipinski definition) is 8. The summed E-state index contributed by atoms with van der Waals surface area (Å²) < 4.78 is 0. The van der Waals surface area contributed by atoms with E-state index in [0.29, 0.717) is 22.9 Å². The zero-order valence-corrected chi connectivity index (χ0v) is 32.7. The Kier molecular flexibility index (Phi) is 15.1. The molecule has 14 heteroatoms. The number of carbonyl (C=O) groups is 6. The molecule has 0 radical (unpaired) electrons. The van der Waals surface area contributed by atoms with Crippen LogP contribution in [0.1, 0.15) is 62.5 Å². The summed E-state index contributed by atoms with van der Waals surface area (Å²) in [6.45, 7) is 8.65. The molecule has 0 heterocycles. The van der Waals surface area contributed by atoms with Crippen molar-refractivity contribution in [1.29, 1.82) is 0 Å². The number of hydrogen-bond acceptors (Lipinski definition) is 8. The van der Waals surface area contributed by atoms with Crippen molar-refractivity contribution in [3.8, 4) is 11.5 Å². The van der Waals surface area contributed by atoms with Crippen molar-refractivity contribution in [2.45, 2.75) is 84.1 Å². The second-order valence-electron chi connectivity index (χ2n) is 14.9. The summed E-state index contributed by atoms with van der Waals surface area (Å²) in [7, 11) is 0. The molecule has 0 aliphatic carbocycles. The normalized spacial score (nSPS) is 13.8. The number of aromatic hydroxyl groups is 2. The smallest absolute Gasteiger partial charge is 0.255 e. The Morgan fingerprint density at radius 2 is 1.09 bits per heavy atom. The number of carbonyl (C=O) groups excluding carboxylic acids is 6. The van der Waals surface area contributed by atoms with Crippen LogP contribution in [0.4, 0.5) is 0 Å². The molecule has 0 spiro atoms. The standard InChI is InChI=1S/C43H52N6O8/c1-24(2)21-32(38(44)52)46-43(57)36(25(3)4)49-42(56)34(23-28-15-10-7-11-16-28)48-41(55)33(22-27-13-8-6-9-14-27)47-39(53)26(5)45-40(54)31-20-19-29-30(37(31)51)17-12-18-35(29)50/h6-20,24-26,32-34,36,50-51H,21-23H2,1-5H3,(H2,44,52)(H,45,54)(H,46,57)(H,47,53)(H,48,55)(H,49,56)/t26-,32-,33-,34-,36-/m1/s1. The van der Waals surface area contributed by atoms with Gasteiger partial charge in [-0.2, -0.15) is 0 Å². The van der Waals surface area contributed by atoms with Gasteiger partial charge in [-0.05, 0) is 54.5 Å². The Bertz CT molecular complexity index is 2060. The maximum absolute atomic E-state index is 14.2. The van der Waals surface area contributed by atoms with Crippen LogP contribution in [-0.2, 0) is 36.8 Å². The van der Waals surface area contributed by atoms with Crippen LogP contribution in [0, 0.1) is 11.8 Å². The second-order valence-corrected chi connectivity index (χ2v) is 14.9.